The van der Waals surface area contributed by atoms with Crippen LogP contribution < -0.4 is 10.1 Å². The van der Waals surface area contributed by atoms with Crippen molar-refractivity contribution in [3.05, 3.63) is 59.9 Å². The van der Waals surface area contributed by atoms with E-state index in [1.54, 1.807) is 43.4 Å². The fourth-order valence-corrected chi connectivity index (χ4v) is 1.49. The average Bonchev–Trinajstić information content (AvgIpc) is 2.39. The molecule has 4 heteroatoms. The number of hydrogen-bond acceptors (Lipinski definition) is 2. The molecule has 1 amide bonds. The number of amides is 1. The second-order valence-corrected chi connectivity index (χ2v) is 3.66. The molecule has 0 saturated carbocycles. The van der Waals surface area contributed by atoms with Crippen LogP contribution in [0.2, 0.25) is 0 Å². The molecule has 0 aliphatic heterocycles. The summed E-state index contributed by atoms with van der Waals surface area (Å²) >= 11 is 0. The van der Waals surface area contributed by atoms with Gasteiger partial charge in [0.15, 0.2) is 0 Å². The third-order valence-electron chi connectivity index (χ3n) is 2.38. The summed E-state index contributed by atoms with van der Waals surface area (Å²) in [6.45, 7) is 0. The van der Waals surface area contributed by atoms with Gasteiger partial charge in [0.05, 0.1) is 0 Å². The number of halogens is 1. The molecule has 0 spiro atoms. The summed E-state index contributed by atoms with van der Waals surface area (Å²) in [6, 6.07) is 12.5. The van der Waals surface area contributed by atoms with E-state index in [1.807, 2.05) is 0 Å². The zero-order valence-corrected chi connectivity index (χ0v) is 9.81. The van der Waals surface area contributed by atoms with Crippen molar-refractivity contribution in [2.24, 2.45) is 0 Å². The van der Waals surface area contributed by atoms with Gasteiger partial charge in [0, 0.05) is 18.7 Å². The monoisotopic (exact) mass is 245 g/mol. The molecule has 0 saturated heterocycles. The van der Waals surface area contributed by atoms with Gasteiger partial charge in [0.25, 0.3) is 5.91 Å². The fourth-order valence-electron chi connectivity index (χ4n) is 1.49. The van der Waals surface area contributed by atoms with Gasteiger partial charge in [-0.3, -0.25) is 4.79 Å². The normalized spacial score (nSPS) is 9.89. The number of rotatable bonds is 3. The Morgan fingerprint density at radius 2 is 1.83 bits per heavy atom. The zero-order valence-electron chi connectivity index (χ0n) is 9.81. The van der Waals surface area contributed by atoms with Crippen molar-refractivity contribution in [1.82, 2.24) is 5.32 Å². The van der Waals surface area contributed by atoms with Crippen molar-refractivity contribution in [2.75, 3.05) is 7.05 Å². The molecule has 92 valence electrons. The van der Waals surface area contributed by atoms with Gasteiger partial charge in [-0.15, -0.1) is 0 Å². The molecule has 0 fully saturated rings. The molecule has 0 aliphatic carbocycles. The minimum Gasteiger partial charge on any atom is -0.457 e. The van der Waals surface area contributed by atoms with E-state index in [-0.39, 0.29) is 11.7 Å². The first-order chi connectivity index (χ1) is 8.69. The highest BCUT2D eigenvalue weighted by Gasteiger charge is 2.03. The van der Waals surface area contributed by atoms with Crippen LogP contribution in [0, 0.1) is 5.82 Å². The Bertz CT molecular complexity index is 552. The van der Waals surface area contributed by atoms with Crippen LogP contribution in [0.4, 0.5) is 4.39 Å². The number of carbonyl (C=O) groups excluding carboxylic acids is 1. The average molecular weight is 245 g/mol. The lowest BCUT2D eigenvalue weighted by Crippen LogP contribution is -2.17. The smallest absolute Gasteiger partial charge is 0.251 e. The predicted molar refractivity (Wildman–Crippen MR) is 66.3 cm³/mol. The lowest BCUT2D eigenvalue weighted by molar-refractivity contribution is 0.0963. The fraction of sp³-hybridized carbons (Fsp3) is 0.0714. The van der Waals surface area contributed by atoms with Gasteiger partial charge in [0.1, 0.15) is 17.3 Å². The maximum Gasteiger partial charge on any atom is 0.251 e. The van der Waals surface area contributed by atoms with E-state index >= 15 is 0 Å². The van der Waals surface area contributed by atoms with E-state index in [1.165, 1.54) is 12.1 Å². The Labute approximate surface area is 104 Å². The molecule has 2 aromatic carbocycles. The quantitative estimate of drug-likeness (QED) is 0.902. The van der Waals surface area contributed by atoms with E-state index in [4.69, 9.17) is 4.74 Å². The lowest BCUT2D eigenvalue weighted by atomic mass is 10.2. The standard InChI is InChI=1S/C14H12FNO2/c1-16-14(17)10-5-7-12(8-6-10)18-13-4-2-3-11(15)9-13/h2-9H,1H3,(H,16,17). The second-order valence-electron chi connectivity index (χ2n) is 3.66. The van der Waals surface area contributed by atoms with Gasteiger partial charge in [-0.05, 0) is 36.4 Å². The van der Waals surface area contributed by atoms with Gasteiger partial charge < -0.3 is 10.1 Å². The molecule has 0 atom stereocenters. The molecule has 0 bridgehead atoms. The van der Waals surface area contributed by atoms with Crippen molar-refractivity contribution in [1.29, 1.82) is 0 Å². The zero-order chi connectivity index (χ0) is 13.0. The Hall–Kier alpha value is -2.36. The SMILES string of the molecule is CNC(=O)c1ccc(Oc2cccc(F)c2)cc1. The Kier molecular flexibility index (Phi) is 3.57. The third-order valence-corrected chi connectivity index (χ3v) is 2.38. The predicted octanol–water partition coefficient (Wildman–Crippen LogP) is 2.98. The summed E-state index contributed by atoms with van der Waals surface area (Å²) in [4.78, 5) is 11.3. The number of nitrogens with one attached hydrogen (secondary N) is 1. The maximum absolute atomic E-state index is 13.0. The van der Waals surface area contributed by atoms with Crippen molar-refractivity contribution in [3.63, 3.8) is 0 Å². The van der Waals surface area contributed by atoms with Crippen molar-refractivity contribution in [2.45, 2.75) is 0 Å². The van der Waals surface area contributed by atoms with E-state index in [2.05, 4.69) is 5.32 Å². The van der Waals surface area contributed by atoms with Crippen LogP contribution >= 0.6 is 0 Å². The van der Waals surface area contributed by atoms with Gasteiger partial charge in [-0.25, -0.2) is 4.39 Å². The lowest BCUT2D eigenvalue weighted by Gasteiger charge is -2.06. The first kappa shape index (κ1) is 12.1. The third kappa shape index (κ3) is 2.85. The van der Waals surface area contributed by atoms with Crippen molar-refractivity contribution < 1.29 is 13.9 Å². The molecule has 18 heavy (non-hydrogen) atoms. The highest BCUT2D eigenvalue weighted by Crippen LogP contribution is 2.22. The Balaban J connectivity index is 2.13. The van der Waals surface area contributed by atoms with Crippen LogP contribution in [0.5, 0.6) is 11.5 Å². The van der Waals surface area contributed by atoms with Gasteiger partial charge >= 0.3 is 0 Å². The minimum atomic E-state index is -0.352. The van der Waals surface area contributed by atoms with Crippen LogP contribution in [-0.4, -0.2) is 13.0 Å². The van der Waals surface area contributed by atoms with E-state index in [0.29, 0.717) is 17.1 Å². The van der Waals surface area contributed by atoms with Crippen LogP contribution in [0.1, 0.15) is 10.4 Å². The molecule has 0 aliphatic rings. The van der Waals surface area contributed by atoms with E-state index in [0.717, 1.165) is 0 Å². The summed E-state index contributed by atoms with van der Waals surface area (Å²) in [7, 11) is 1.57. The first-order valence-corrected chi connectivity index (χ1v) is 5.44. The molecule has 0 radical (unpaired) electrons. The largest absolute Gasteiger partial charge is 0.457 e. The summed E-state index contributed by atoms with van der Waals surface area (Å²) in [6.07, 6.45) is 0. The number of hydrogen-bond donors (Lipinski definition) is 1. The van der Waals surface area contributed by atoms with Crippen LogP contribution in [-0.2, 0) is 0 Å². The second kappa shape index (κ2) is 5.31. The number of benzene rings is 2. The molecular formula is C14H12FNO2. The molecule has 3 nitrogen and oxygen atoms in total. The highest BCUT2D eigenvalue weighted by atomic mass is 19.1. The summed E-state index contributed by atoms with van der Waals surface area (Å²) in [5.74, 6) is 0.456. The van der Waals surface area contributed by atoms with Gasteiger partial charge in [-0.1, -0.05) is 6.07 Å². The molecule has 0 aromatic heterocycles. The molecule has 0 unspecified atom stereocenters. The summed E-state index contributed by atoms with van der Waals surface area (Å²) in [5.41, 5.74) is 0.545. The summed E-state index contributed by atoms with van der Waals surface area (Å²) in [5, 5.41) is 2.53. The summed E-state index contributed by atoms with van der Waals surface area (Å²) < 4.78 is 18.4. The molecule has 2 aromatic rings. The molecular weight excluding hydrogens is 233 g/mol. The van der Waals surface area contributed by atoms with Gasteiger partial charge in [0.2, 0.25) is 0 Å². The maximum atomic E-state index is 13.0. The first-order valence-electron chi connectivity index (χ1n) is 5.44. The number of carbonyl (C=O) groups is 1. The molecule has 1 N–H and O–H groups in total. The highest BCUT2D eigenvalue weighted by molar-refractivity contribution is 5.94. The Morgan fingerprint density at radius 1 is 1.11 bits per heavy atom. The topological polar surface area (TPSA) is 38.3 Å². The number of ether oxygens (including phenoxy) is 1. The van der Waals surface area contributed by atoms with Gasteiger partial charge in [-0.2, -0.15) is 0 Å². The van der Waals surface area contributed by atoms with Crippen LogP contribution in [0.15, 0.2) is 48.5 Å². The van der Waals surface area contributed by atoms with Crippen molar-refractivity contribution in [3.8, 4) is 11.5 Å². The van der Waals surface area contributed by atoms with Crippen molar-refractivity contribution >= 4 is 5.91 Å². The van der Waals surface area contributed by atoms with Crippen LogP contribution in [0.3, 0.4) is 0 Å². The minimum absolute atomic E-state index is 0.160. The van der Waals surface area contributed by atoms with E-state index in [9.17, 15) is 9.18 Å². The van der Waals surface area contributed by atoms with Crippen LogP contribution in [0.25, 0.3) is 0 Å². The van der Waals surface area contributed by atoms with E-state index < -0.39 is 0 Å². The molecule has 2 rings (SSSR count). The molecule has 0 heterocycles. The Morgan fingerprint density at radius 3 is 2.44 bits per heavy atom.